The average molecular weight is 1410 g/mol. The fourth-order valence-corrected chi connectivity index (χ4v) is 23.5. The highest BCUT2D eigenvalue weighted by molar-refractivity contribution is 7.05. The summed E-state index contributed by atoms with van der Waals surface area (Å²) in [5.41, 5.74) is 41.4. The van der Waals surface area contributed by atoms with Gasteiger partial charge in [0.2, 0.25) is 26.9 Å². The van der Waals surface area contributed by atoms with Crippen LogP contribution in [-0.2, 0) is 0 Å². The summed E-state index contributed by atoms with van der Waals surface area (Å²) in [5, 5.41) is 18.2. The normalized spacial score (nSPS) is 13.9. The zero-order chi connectivity index (χ0) is 72.2. The van der Waals surface area contributed by atoms with E-state index in [1.165, 1.54) is 236 Å². The van der Waals surface area contributed by atoms with Crippen LogP contribution in [0.5, 0.6) is 0 Å². The SMILES string of the molecule is c1ccc(B2c3c(c4cccc5c6c(c7cccc3c7c54)N(c3ccccc3)c3cc(-c4ccc5c7c4-c4ccccc4B7c4c(c7cccc8c9c(c%10cccc4c%10c87)N(c4ccccc4)c4cccc7c4B9c4ccccc4-7)N5c4ccccc4)cc4c3B6c3ccccc3-4)-n3c4ccccc4c4cccc2c43)cc1. The molecule has 0 bridgehead atoms. The summed E-state index contributed by atoms with van der Waals surface area (Å²) in [6, 6.07) is 136. The minimum absolute atomic E-state index is 0.0260. The number of hydrogen-bond acceptors (Lipinski definition) is 3. The van der Waals surface area contributed by atoms with E-state index >= 15 is 0 Å². The van der Waals surface area contributed by atoms with E-state index in [4.69, 9.17) is 0 Å². The summed E-state index contributed by atoms with van der Waals surface area (Å²) in [6.45, 7) is -0.149. The molecule has 0 amide bonds. The van der Waals surface area contributed by atoms with Gasteiger partial charge in [-0.15, -0.1) is 0 Å². The van der Waals surface area contributed by atoms with E-state index in [9.17, 15) is 0 Å². The van der Waals surface area contributed by atoms with Crippen molar-refractivity contribution in [3.05, 3.63) is 352 Å². The maximum absolute atomic E-state index is 2.70. The molecule has 0 aliphatic carbocycles. The lowest BCUT2D eigenvalue weighted by atomic mass is 9.34. The molecule has 7 aliphatic heterocycles. The van der Waals surface area contributed by atoms with Crippen molar-refractivity contribution in [2.24, 2.45) is 0 Å². The second kappa shape index (κ2) is 21.0. The van der Waals surface area contributed by atoms with Crippen molar-refractivity contribution in [2.45, 2.75) is 0 Å². The molecule has 7 aliphatic rings. The molecule has 4 nitrogen and oxygen atoms in total. The van der Waals surface area contributed by atoms with Gasteiger partial charge < -0.3 is 19.3 Å². The molecule has 0 radical (unpaired) electrons. The minimum atomic E-state index is -0.101. The van der Waals surface area contributed by atoms with Gasteiger partial charge in [-0.1, -0.05) is 307 Å². The first-order valence-corrected chi connectivity index (χ1v) is 39.6. The summed E-state index contributed by atoms with van der Waals surface area (Å²) in [7, 11) is 0. The molecular weight excluding hydrogens is 1350 g/mol. The number of hydrogen-bond donors (Lipinski definition) is 0. The van der Waals surface area contributed by atoms with Gasteiger partial charge in [-0.2, -0.15) is 0 Å². The van der Waals surface area contributed by atoms with E-state index in [2.05, 4.69) is 371 Å². The van der Waals surface area contributed by atoms with Crippen molar-refractivity contribution in [3.8, 4) is 50.2 Å². The second-order valence-corrected chi connectivity index (χ2v) is 32.1. The molecule has 0 N–H and O–H groups in total. The van der Waals surface area contributed by atoms with Crippen molar-refractivity contribution < 1.29 is 0 Å². The molecule has 0 unspecified atom stereocenters. The maximum Gasteiger partial charge on any atom is 0.249 e. The number of nitrogens with zero attached hydrogens (tertiary/aromatic N) is 4. The number of benzene rings is 20. The minimum Gasteiger partial charge on any atom is -0.311 e. The van der Waals surface area contributed by atoms with Crippen molar-refractivity contribution in [3.63, 3.8) is 0 Å². The van der Waals surface area contributed by atoms with Crippen LogP contribution in [0.15, 0.2) is 352 Å². The van der Waals surface area contributed by atoms with Gasteiger partial charge in [-0.05, 0) is 198 Å². The topological polar surface area (TPSA) is 14.7 Å². The predicted octanol–water partition coefficient (Wildman–Crippen LogP) is 17.9. The average Bonchev–Trinajstić information content (AvgIpc) is 1.13. The second-order valence-electron chi connectivity index (χ2n) is 32.1. The molecule has 28 rings (SSSR count). The molecule has 8 heteroatoms. The Balaban J connectivity index is 0.718. The fourth-order valence-electron chi connectivity index (χ4n) is 23.5. The van der Waals surface area contributed by atoms with Crippen molar-refractivity contribution in [1.82, 2.24) is 4.57 Å². The number of para-hydroxylation sites is 5. The Morgan fingerprint density at radius 3 is 1.16 bits per heavy atom. The van der Waals surface area contributed by atoms with Crippen LogP contribution in [0.25, 0.3) is 137 Å². The Morgan fingerprint density at radius 2 is 0.589 bits per heavy atom. The summed E-state index contributed by atoms with van der Waals surface area (Å²) in [6.07, 6.45) is 0. The molecule has 21 aromatic rings. The Kier molecular flexibility index (Phi) is 11.1. The monoisotopic (exact) mass is 1410 g/mol. The summed E-state index contributed by atoms with van der Waals surface area (Å²) in [4.78, 5) is 7.99. The summed E-state index contributed by atoms with van der Waals surface area (Å²) >= 11 is 0. The third-order valence-corrected chi connectivity index (χ3v) is 27.3. The van der Waals surface area contributed by atoms with Crippen LogP contribution >= 0.6 is 0 Å². The Hall–Kier alpha value is -14.1. The molecule has 8 heterocycles. The van der Waals surface area contributed by atoms with Crippen LogP contribution < -0.4 is 80.3 Å². The highest BCUT2D eigenvalue weighted by atomic mass is 15.2. The molecule has 0 saturated carbocycles. The van der Waals surface area contributed by atoms with E-state index in [0.29, 0.717) is 0 Å². The van der Waals surface area contributed by atoms with Crippen LogP contribution in [-0.4, -0.2) is 31.4 Å². The van der Waals surface area contributed by atoms with Gasteiger partial charge in [0, 0.05) is 94.7 Å². The van der Waals surface area contributed by atoms with Crippen molar-refractivity contribution >= 4 is 230 Å². The zero-order valence-corrected chi connectivity index (χ0v) is 60.6. The number of rotatable bonds is 5. The van der Waals surface area contributed by atoms with E-state index in [1.54, 1.807) is 0 Å². The molecule has 0 fully saturated rings. The molecule has 1 aromatic heterocycles. The number of anilines is 9. The molecule has 112 heavy (non-hydrogen) atoms. The smallest absolute Gasteiger partial charge is 0.249 e. The third kappa shape index (κ3) is 7.02. The number of aromatic nitrogens is 1. The van der Waals surface area contributed by atoms with Gasteiger partial charge >= 0.3 is 0 Å². The van der Waals surface area contributed by atoms with Gasteiger partial charge in [-0.3, -0.25) is 0 Å². The van der Waals surface area contributed by atoms with Gasteiger partial charge in [0.15, 0.2) is 0 Å². The largest absolute Gasteiger partial charge is 0.311 e. The Bertz CT molecular complexity index is 7870. The van der Waals surface area contributed by atoms with Gasteiger partial charge in [0.1, 0.15) is 0 Å². The van der Waals surface area contributed by atoms with E-state index in [-0.39, 0.29) is 26.9 Å². The van der Waals surface area contributed by atoms with E-state index in [1.807, 2.05) is 0 Å². The Labute approximate surface area is 646 Å². The molecule has 0 atom stereocenters. The summed E-state index contributed by atoms with van der Waals surface area (Å²) in [5.74, 6) is 0. The van der Waals surface area contributed by atoms with Crippen molar-refractivity contribution in [1.29, 1.82) is 0 Å². The van der Waals surface area contributed by atoms with Crippen LogP contribution in [0, 0.1) is 0 Å². The first-order chi connectivity index (χ1) is 55.7. The highest BCUT2D eigenvalue weighted by Crippen LogP contribution is 2.56. The molecular formula is C104H58B4N4. The zero-order valence-electron chi connectivity index (χ0n) is 60.6. The lowest BCUT2D eigenvalue weighted by Crippen LogP contribution is -2.56. The van der Waals surface area contributed by atoms with Gasteiger partial charge in [0.05, 0.1) is 5.52 Å². The third-order valence-electron chi connectivity index (χ3n) is 27.3. The molecule has 20 aromatic carbocycles. The standard InChI is InChI=1S/C104H58B4N4/c1-5-27-60(28-6-1)105-83-52-25-40-69-67-37-16-20-53-84(67)112(100(69)83)104-78-48-24-43-73-91(78)88-71(95(104)105)41-21-47-77(88)103-97(73)107-81-50-18-14-36-66(81)79-57-59(58-87(94(79)107)111(103)63-33-11-4-12-34-63)64-55-56-86-99-92(64)70-38-15-19-51-82(70)108(99)98-74-44-23-45-75-90(74)89-72(42-22-46-76(89)102(98)110(86)62-31-9-3-10-32-62)96-101(75)109(61-29-7-2-8-30-61)85-54-26-39-68-65-35-13-17-49-80(65)106(96)93(68)85/h1-58H. The van der Waals surface area contributed by atoms with E-state index < -0.39 is 0 Å². The summed E-state index contributed by atoms with van der Waals surface area (Å²) < 4.78 is 2.66. The highest BCUT2D eigenvalue weighted by Gasteiger charge is 2.51. The molecule has 506 valence electrons. The fraction of sp³-hybridized carbons (Fsp3) is 0. The lowest BCUT2D eigenvalue weighted by Gasteiger charge is -2.41. The van der Waals surface area contributed by atoms with Crippen LogP contribution in [0.3, 0.4) is 0 Å². The number of fused-ring (bicyclic) bond motifs is 28. The molecule has 0 spiro atoms. The molecule has 0 saturated heterocycles. The van der Waals surface area contributed by atoms with Gasteiger partial charge in [0.25, 0.3) is 0 Å². The first-order valence-electron chi connectivity index (χ1n) is 39.6. The van der Waals surface area contributed by atoms with Crippen LogP contribution in [0.2, 0.25) is 0 Å². The Morgan fingerprint density at radius 1 is 0.205 bits per heavy atom. The van der Waals surface area contributed by atoms with Crippen molar-refractivity contribution in [2.75, 3.05) is 14.7 Å². The maximum atomic E-state index is 2.70. The van der Waals surface area contributed by atoms with E-state index in [0.717, 1.165) is 17.1 Å². The first kappa shape index (κ1) is 59.0. The van der Waals surface area contributed by atoms with Gasteiger partial charge in [-0.25, -0.2) is 0 Å². The van der Waals surface area contributed by atoms with Crippen LogP contribution in [0.4, 0.5) is 51.2 Å². The lowest BCUT2D eigenvalue weighted by molar-refractivity contribution is 1.21. The quantitative estimate of drug-likeness (QED) is 0.126. The predicted molar refractivity (Wildman–Crippen MR) is 479 cm³/mol. The van der Waals surface area contributed by atoms with Crippen LogP contribution in [0.1, 0.15) is 0 Å².